The predicted octanol–water partition coefficient (Wildman–Crippen LogP) is 3.13. The quantitative estimate of drug-likeness (QED) is 0.856. The van der Waals surface area contributed by atoms with Crippen LogP contribution in [0.3, 0.4) is 0 Å². The maximum Gasteiger partial charge on any atom is 0.262 e. The zero-order chi connectivity index (χ0) is 15.8. The number of halogens is 1. The van der Waals surface area contributed by atoms with Crippen LogP contribution in [0.4, 0.5) is 15.8 Å². The maximum absolute atomic E-state index is 13.8. The number of hydrogen-bond acceptors (Lipinski definition) is 3. The summed E-state index contributed by atoms with van der Waals surface area (Å²) >= 11 is 0. The summed E-state index contributed by atoms with van der Waals surface area (Å²) in [6.07, 6.45) is 0. The van der Waals surface area contributed by atoms with Gasteiger partial charge in [0.1, 0.15) is 5.82 Å². The third-order valence-electron chi connectivity index (χ3n) is 3.37. The van der Waals surface area contributed by atoms with Crippen molar-refractivity contribution >= 4 is 21.4 Å². The van der Waals surface area contributed by atoms with Gasteiger partial charge in [-0.2, -0.15) is 0 Å². The van der Waals surface area contributed by atoms with E-state index in [-0.39, 0.29) is 10.6 Å². The summed E-state index contributed by atoms with van der Waals surface area (Å²) < 4.78 is 41.3. The first-order valence-electron chi connectivity index (χ1n) is 6.37. The molecule has 21 heavy (non-hydrogen) atoms. The summed E-state index contributed by atoms with van der Waals surface area (Å²) in [5.41, 5.74) is 7.64. The fourth-order valence-corrected chi connectivity index (χ4v) is 3.84. The van der Waals surface area contributed by atoms with E-state index in [2.05, 4.69) is 4.72 Å². The lowest BCUT2D eigenvalue weighted by atomic mass is 10.1. The number of para-hydroxylation sites is 1. The van der Waals surface area contributed by atoms with Crippen molar-refractivity contribution in [3.8, 4) is 0 Å². The third-order valence-corrected chi connectivity index (χ3v) is 5.01. The zero-order valence-electron chi connectivity index (χ0n) is 12.1. The molecule has 0 unspecified atom stereocenters. The molecule has 0 radical (unpaired) electrons. The van der Waals surface area contributed by atoms with Crippen LogP contribution in [0.25, 0.3) is 0 Å². The SMILES string of the molecule is Cc1cccc(F)c1NS(=O)(=O)c1c(C)ccc(N)c1C. The van der Waals surface area contributed by atoms with E-state index in [4.69, 9.17) is 5.73 Å². The molecule has 6 heteroatoms. The highest BCUT2D eigenvalue weighted by atomic mass is 32.2. The zero-order valence-corrected chi connectivity index (χ0v) is 12.9. The maximum atomic E-state index is 13.8. The van der Waals surface area contributed by atoms with Crippen molar-refractivity contribution in [3.63, 3.8) is 0 Å². The van der Waals surface area contributed by atoms with Crippen molar-refractivity contribution in [2.45, 2.75) is 25.7 Å². The van der Waals surface area contributed by atoms with E-state index in [1.54, 1.807) is 39.0 Å². The van der Waals surface area contributed by atoms with Crippen LogP contribution >= 0.6 is 0 Å². The minimum absolute atomic E-state index is 0.0428. The van der Waals surface area contributed by atoms with Crippen LogP contribution in [0.15, 0.2) is 35.2 Å². The molecule has 0 bridgehead atoms. The lowest BCUT2D eigenvalue weighted by Crippen LogP contribution is -2.18. The summed E-state index contributed by atoms with van der Waals surface area (Å²) in [5.74, 6) is -0.613. The van der Waals surface area contributed by atoms with E-state index >= 15 is 0 Å². The summed E-state index contributed by atoms with van der Waals surface area (Å²) in [6.45, 7) is 4.94. The molecule has 3 N–H and O–H groups in total. The summed E-state index contributed by atoms with van der Waals surface area (Å²) in [6, 6.07) is 7.66. The van der Waals surface area contributed by atoms with Crippen molar-refractivity contribution in [1.82, 2.24) is 0 Å². The average Bonchev–Trinajstić information content (AvgIpc) is 2.39. The number of hydrogen-bond donors (Lipinski definition) is 2. The Morgan fingerprint density at radius 2 is 1.71 bits per heavy atom. The smallest absolute Gasteiger partial charge is 0.262 e. The van der Waals surface area contributed by atoms with Gasteiger partial charge in [-0.1, -0.05) is 18.2 Å². The largest absolute Gasteiger partial charge is 0.398 e. The molecule has 0 aliphatic carbocycles. The monoisotopic (exact) mass is 308 g/mol. The summed E-state index contributed by atoms with van der Waals surface area (Å²) in [7, 11) is -3.91. The van der Waals surface area contributed by atoms with E-state index in [1.807, 2.05) is 0 Å². The van der Waals surface area contributed by atoms with Crippen molar-refractivity contribution in [2.24, 2.45) is 0 Å². The number of benzene rings is 2. The average molecular weight is 308 g/mol. The van der Waals surface area contributed by atoms with Gasteiger partial charge in [0.25, 0.3) is 10.0 Å². The number of nitrogens with two attached hydrogens (primary N) is 1. The normalized spacial score (nSPS) is 11.4. The molecular weight excluding hydrogens is 291 g/mol. The van der Waals surface area contributed by atoms with E-state index in [0.717, 1.165) is 0 Å². The van der Waals surface area contributed by atoms with Crippen LogP contribution in [-0.2, 0) is 10.0 Å². The molecular formula is C15H17FN2O2S. The van der Waals surface area contributed by atoms with Gasteiger partial charge in [-0.15, -0.1) is 0 Å². The molecule has 0 spiro atoms. The Morgan fingerprint density at radius 1 is 1.05 bits per heavy atom. The van der Waals surface area contributed by atoms with Gasteiger partial charge in [0.05, 0.1) is 10.6 Å². The number of sulfonamides is 1. The van der Waals surface area contributed by atoms with E-state index in [1.165, 1.54) is 12.1 Å². The predicted molar refractivity (Wildman–Crippen MR) is 82.3 cm³/mol. The third kappa shape index (κ3) is 2.85. The van der Waals surface area contributed by atoms with Gasteiger partial charge in [-0.3, -0.25) is 4.72 Å². The lowest BCUT2D eigenvalue weighted by molar-refractivity contribution is 0.597. The molecule has 2 rings (SSSR count). The molecule has 0 saturated carbocycles. The van der Waals surface area contributed by atoms with Gasteiger partial charge in [-0.05, 0) is 49.6 Å². The van der Waals surface area contributed by atoms with Crippen LogP contribution < -0.4 is 10.5 Å². The highest BCUT2D eigenvalue weighted by Gasteiger charge is 2.22. The van der Waals surface area contributed by atoms with Crippen molar-refractivity contribution in [3.05, 3.63) is 52.8 Å². The second-order valence-electron chi connectivity index (χ2n) is 4.96. The van der Waals surface area contributed by atoms with Gasteiger partial charge in [0, 0.05) is 5.69 Å². The molecule has 0 saturated heterocycles. The Morgan fingerprint density at radius 3 is 2.33 bits per heavy atom. The molecule has 0 aliphatic rings. The van der Waals surface area contributed by atoms with Crippen LogP contribution in [-0.4, -0.2) is 8.42 Å². The topological polar surface area (TPSA) is 72.2 Å². The minimum Gasteiger partial charge on any atom is -0.398 e. The number of rotatable bonds is 3. The van der Waals surface area contributed by atoms with Crippen LogP contribution in [0, 0.1) is 26.6 Å². The molecule has 0 heterocycles. The molecule has 2 aromatic rings. The summed E-state index contributed by atoms with van der Waals surface area (Å²) in [5, 5.41) is 0. The standard InChI is InChI=1S/C15H17FN2O2S/c1-9-5-4-6-12(16)14(9)18-21(19,20)15-10(2)7-8-13(17)11(15)3/h4-8,18H,17H2,1-3H3. The molecule has 0 fully saturated rings. The second kappa shape index (κ2) is 5.37. The van der Waals surface area contributed by atoms with Gasteiger partial charge < -0.3 is 5.73 Å². The Bertz CT molecular complexity index is 781. The van der Waals surface area contributed by atoms with Crippen LogP contribution in [0.1, 0.15) is 16.7 Å². The molecule has 4 nitrogen and oxygen atoms in total. The van der Waals surface area contributed by atoms with E-state index in [0.29, 0.717) is 22.4 Å². The minimum atomic E-state index is -3.91. The van der Waals surface area contributed by atoms with Crippen LogP contribution in [0.5, 0.6) is 0 Å². The Balaban J connectivity index is 2.57. The van der Waals surface area contributed by atoms with Crippen molar-refractivity contribution in [2.75, 3.05) is 10.5 Å². The number of nitrogen functional groups attached to an aromatic ring is 1. The Hall–Kier alpha value is -2.08. The number of aryl methyl sites for hydroxylation is 2. The molecule has 0 aliphatic heterocycles. The van der Waals surface area contributed by atoms with Crippen molar-refractivity contribution in [1.29, 1.82) is 0 Å². The lowest BCUT2D eigenvalue weighted by Gasteiger charge is -2.16. The Labute approximate surface area is 123 Å². The molecule has 0 amide bonds. The molecule has 2 aromatic carbocycles. The van der Waals surface area contributed by atoms with Gasteiger partial charge in [-0.25, -0.2) is 12.8 Å². The number of anilines is 2. The summed E-state index contributed by atoms with van der Waals surface area (Å²) in [4.78, 5) is 0.0881. The van der Waals surface area contributed by atoms with E-state index in [9.17, 15) is 12.8 Å². The molecule has 112 valence electrons. The molecule has 0 aromatic heterocycles. The van der Waals surface area contributed by atoms with E-state index < -0.39 is 15.8 Å². The highest BCUT2D eigenvalue weighted by molar-refractivity contribution is 7.92. The Kier molecular flexibility index (Phi) is 3.91. The first-order chi connectivity index (χ1) is 9.74. The highest BCUT2D eigenvalue weighted by Crippen LogP contribution is 2.28. The number of nitrogens with one attached hydrogen (secondary N) is 1. The molecule has 0 atom stereocenters. The van der Waals surface area contributed by atoms with Gasteiger partial charge >= 0.3 is 0 Å². The van der Waals surface area contributed by atoms with Gasteiger partial charge in [0.15, 0.2) is 0 Å². The van der Waals surface area contributed by atoms with Gasteiger partial charge in [0.2, 0.25) is 0 Å². The fourth-order valence-electron chi connectivity index (χ4n) is 2.20. The fraction of sp³-hybridized carbons (Fsp3) is 0.200. The van der Waals surface area contributed by atoms with Crippen LogP contribution in [0.2, 0.25) is 0 Å². The second-order valence-corrected chi connectivity index (χ2v) is 6.58. The first kappa shape index (κ1) is 15.3. The first-order valence-corrected chi connectivity index (χ1v) is 7.86. The van der Waals surface area contributed by atoms with Crippen molar-refractivity contribution < 1.29 is 12.8 Å².